The molecule has 0 saturated heterocycles. The molecule has 0 bridgehead atoms. The van der Waals surface area contributed by atoms with Crippen LogP contribution in [0.5, 0.6) is 0 Å². The highest BCUT2D eigenvalue weighted by Gasteiger charge is 2.19. The second-order valence-corrected chi connectivity index (χ2v) is 4.83. The van der Waals surface area contributed by atoms with E-state index in [1.54, 1.807) is 23.7 Å². The number of halogens is 1. The number of carbonyl (C=O) groups excluding carboxylic acids is 1. The predicted molar refractivity (Wildman–Crippen MR) is 81.2 cm³/mol. The minimum absolute atomic E-state index is 0.294. The summed E-state index contributed by atoms with van der Waals surface area (Å²) in [6.45, 7) is 4.15. The molecule has 7 heteroatoms. The summed E-state index contributed by atoms with van der Waals surface area (Å²) in [6, 6.07) is 6.65. The van der Waals surface area contributed by atoms with Gasteiger partial charge in [0.05, 0.1) is 22.0 Å². The van der Waals surface area contributed by atoms with Gasteiger partial charge in [0.2, 0.25) is 0 Å². The van der Waals surface area contributed by atoms with Crippen molar-refractivity contribution in [2.24, 2.45) is 0 Å². The molecule has 0 aliphatic heterocycles. The number of aryl methyl sites for hydroxylation is 2. The number of nitrogens with zero attached hydrogens (tertiary/aromatic N) is 3. The molecule has 0 aliphatic rings. The van der Waals surface area contributed by atoms with Crippen LogP contribution < -0.4 is 11.1 Å². The molecule has 1 aromatic heterocycles. The van der Waals surface area contributed by atoms with Crippen LogP contribution >= 0.6 is 11.6 Å². The maximum absolute atomic E-state index is 12.3. The lowest BCUT2D eigenvalue weighted by Gasteiger charge is -2.08. The van der Waals surface area contributed by atoms with Crippen molar-refractivity contribution in [1.82, 2.24) is 9.78 Å². The van der Waals surface area contributed by atoms with Crippen LogP contribution in [0.1, 0.15) is 28.7 Å². The number of nitrogens with two attached hydrogens (primary N) is 1. The van der Waals surface area contributed by atoms with Crippen LogP contribution in [-0.4, -0.2) is 15.7 Å². The Balaban J connectivity index is 2.33. The van der Waals surface area contributed by atoms with Gasteiger partial charge in [-0.1, -0.05) is 11.6 Å². The highest BCUT2D eigenvalue weighted by Crippen LogP contribution is 2.22. The van der Waals surface area contributed by atoms with E-state index in [4.69, 9.17) is 22.6 Å². The fourth-order valence-electron chi connectivity index (χ4n) is 1.94. The molecule has 0 aliphatic carbocycles. The normalized spacial score (nSPS) is 10.2. The average Bonchev–Trinajstić information content (AvgIpc) is 2.76. The van der Waals surface area contributed by atoms with Crippen molar-refractivity contribution in [1.29, 1.82) is 5.26 Å². The highest BCUT2D eigenvalue weighted by atomic mass is 35.5. The maximum atomic E-state index is 12.3. The zero-order chi connectivity index (χ0) is 15.6. The number of rotatable bonds is 3. The van der Waals surface area contributed by atoms with E-state index >= 15 is 0 Å². The number of nitriles is 1. The Morgan fingerprint density at radius 1 is 1.57 bits per heavy atom. The van der Waals surface area contributed by atoms with Crippen LogP contribution in [0.3, 0.4) is 0 Å². The van der Waals surface area contributed by atoms with E-state index in [1.165, 1.54) is 6.07 Å². The third kappa shape index (κ3) is 2.83. The summed E-state index contributed by atoms with van der Waals surface area (Å²) in [5.74, 6) is -0.374. The van der Waals surface area contributed by atoms with Crippen molar-refractivity contribution in [3.05, 3.63) is 40.2 Å². The number of nitrogen functional groups attached to an aromatic ring is 1. The molecule has 21 heavy (non-hydrogen) atoms. The number of benzene rings is 1. The van der Waals surface area contributed by atoms with Gasteiger partial charge in [-0.3, -0.25) is 9.48 Å². The quantitative estimate of drug-likeness (QED) is 0.910. The molecule has 6 nitrogen and oxygen atoms in total. The summed E-state index contributed by atoms with van der Waals surface area (Å²) in [4.78, 5) is 12.3. The minimum atomic E-state index is -0.374. The SMILES string of the molecule is CCn1nc(C)c(N)c1C(=O)Nc1ccc(Cl)c(C#N)c1. The van der Waals surface area contributed by atoms with E-state index in [9.17, 15) is 4.79 Å². The van der Waals surface area contributed by atoms with Crippen molar-refractivity contribution in [3.63, 3.8) is 0 Å². The molecule has 108 valence electrons. The Hall–Kier alpha value is -2.52. The third-order valence-corrected chi connectivity index (χ3v) is 3.36. The number of hydrogen-bond acceptors (Lipinski definition) is 4. The molecule has 0 atom stereocenters. The number of hydrogen-bond donors (Lipinski definition) is 2. The Morgan fingerprint density at radius 3 is 2.90 bits per heavy atom. The van der Waals surface area contributed by atoms with Crippen LogP contribution in [0.15, 0.2) is 18.2 Å². The Morgan fingerprint density at radius 2 is 2.29 bits per heavy atom. The molecule has 0 spiro atoms. The third-order valence-electron chi connectivity index (χ3n) is 3.03. The molecule has 0 radical (unpaired) electrons. The van der Waals surface area contributed by atoms with Crippen LogP contribution in [0.4, 0.5) is 11.4 Å². The number of anilines is 2. The Bertz CT molecular complexity index is 745. The lowest BCUT2D eigenvalue weighted by molar-refractivity contribution is 0.101. The first-order valence-corrected chi connectivity index (χ1v) is 6.69. The van der Waals surface area contributed by atoms with E-state index in [1.807, 2.05) is 13.0 Å². The summed E-state index contributed by atoms with van der Waals surface area (Å²) in [5, 5.41) is 16.2. The Labute approximate surface area is 127 Å². The monoisotopic (exact) mass is 303 g/mol. The smallest absolute Gasteiger partial charge is 0.276 e. The zero-order valence-electron chi connectivity index (χ0n) is 11.6. The summed E-state index contributed by atoms with van der Waals surface area (Å²) < 4.78 is 1.54. The number of amides is 1. The van der Waals surface area contributed by atoms with Gasteiger partial charge in [0.15, 0.2) is 0 Å². The van der Waals surface area contributed by atoms with Gasteiger partial charge in [-0.05, 0) is 32.0 Å². The lowest BCUT2D eigenvalue weighted by Crippen LogP contribution is -2.18. The molecule has 1 heterocycles. The van der Waals surface area contributed by atoms with Crippen molar-refractivity contribution >= 4 is 28.9 Å². The number of aromatic nitrogens is 2. The molecular weight excluding hydrogens is 290 g/mol. The summed E-state index contributed by atoms with van der Waals surface area (Å²) in [7, 11) is 0. The number of carbonyl (C=O) groups is 1. The molecule has 0 fully saturated rings. The fraction of sp³-hybridized carbons (Fsp3) is 0.214. The average molecular weight is 304 g/mol. The van der Waals surface area contributed by atoms with Gasteiger partial charge < -0.3 is 11.1 Å². The summed E-state index contributed by atoms with van der Waals surface area (Å²) >= 11 is 5.86. The van der Waals surface area contributed by atoms with Gasteiger partial charge >= 0.3 is 0 Å². The first-order valence-electron chi connectivity index (χ1n) is 6.31. The van der Waals surface area contributed by atoms with Crippen molar-refractivity contribution in [3.8, 4) is 6.07 Å². The van der Waals surface area contributed by atoms with Crippen molar-refractivity contribution in [2.75, 3.05) is 11.1 Å². The maximum Gasteiger partial charge on any atom is 0.276 e. The zero-order valence-corrected chi connectivity index (χ0v) is 12.4. The minimum Gasteiger partial charge on any atom is -0.395 e. The van der Waals surface area contributed by atoms with Gasteiger partial charge in [0, 0.05) is 12.2 Å². The molecular formula is C14H14ClN5O. The molecule has 2 rings (SSSR count). The lowest BCUT2D eigenvalue weighted by atomic mass is 10.2. The fourth-order valence-corrected chi connectivity index (χ4v) is 2.10. The summed E-state index contributed by atoms with van der Waals surface area (Å²) in [5.41, 5.74) is 7.93. The van der Waals surface area contributed by atoms with Gasteiger partial charge in [-0.15, -0.1) is 0 Å². The van der Waals surface area contributed by atoms with Gasteiger partial charge in [0.1, 0.15) is 11.8 Å². The van der Waals surface area contributed by atoms with E-state index < -0.39 is 0 Å². The predicted octanol–water partition coefficient (Wildman–Crippen LogP) is 2.57. The molecule has 0 saturated carbocycles. The van der Waals surface area contributed by atoms with E-state index in [2.05, 4.69) is 10.4 Å². The van der Waals surface area contributed by atoms with Gasteiger partial charge in [-0.25, -0.2) is 0 Å². The van der Waals surface area contributed by atoms with E-state index in [-0.39, 0.29) is 5.91 Å². The topological polar surface area (TPSA) is 96.7 Å². The molecule has 0 unspecified atom stereocenters. The van der Waals surface area contributed by atoms with Crippen molar-refractivity contribution in [2.45, 2.75) is 20.4 Å². The molecule has 3 N–H and O–H groups in total. The van der Waals surface area contributed by atoms with Crippen LogP contribution in [-0.2, 0) is 6.54 Å². The van der Waals surface area contributed by atoms with Crippen LogP contribution in [0.2, 0.25) is 5.02 Å². The molecule has 2 aromatic rings. The van der Waals surface area contributed by atoms with Crippen LogP contribution in [0.25, 0.3) is 0 Å². The highest BCUT2D eigenvalue weighted by molar-refractivity contribution is 6.31. The Kier molecular flexibility index (Phi) is 4.15. The molecule has 1 amide bonds. The van der Waals surface area contributed by atoms with Gasteiger partial charge in [0.25, 0.3) is 5.91 Å². The first-order chi connectivity index (χ1) is 9.97. The number of nitrogens with one attached hydrogen (secondary N) is 1. The second kappa shape index (κ2) is 5.85. The standard InChI is InChI=1S/C14H14ClN5O/c1-3-20-13(12(17)8(2)19-20)14(21)18-10-4-5-11(15)9(6-10)7-16/h4-6H,3,17H2,1-2H3,(H,18,21). The second-order valence-electron chi connectivity index (χ2n) is 4.42. The van der Waals surface area contributed by atoms with Crippen molar-refractivity contribution < 1.29 is 4.79 Å². The van der Waals surface area contributed by atoms with Crippen LogP contribution in [0, 0.1) is 18.3 Å². The van der Waals surface area contributed by atoms with Gasteiger partial charge in [-0.2, -0.15) is 10.4 Å². The first kappa shape index (κ1) is 14.9. The summed E-state index contributed by atoms with van der Waals surface area (Å²) in [6.07, 6.45) is 0. The van der Waals surface area contributed by atoms with E-state index in [0.29, 0.717) is 39.9 Å². The molecule has 1 aromatic carbocycles. The van der Waals surface area contributed by atoms with E-state index in [0.717, 1.165) is 0 Å². The largest absolute Gasteiger partial charge is 0.395 e.